The zero-order valence-corrected chi connectivity index (χ0v) is 18.4. The Morgan fingerprint density at radius 2 is 1.72 bits per heavy atom. The summed E-state index contributed by atoms with van der Waals surface area (Å²) in [5.74, 6) is -0.723. The SMILES string of the molecule is Cc1ccc(NC(=O)c2ccc(C(F)(F)F)nc2C)cc1S(=O)(=O)Nc1cccc(Cl)c1. The van der Waals surface area contributed by atoms with E-state index < -0.39 is 27.8 Å². The van der Waals surface area contributed by atoms with Crippen molar-refractivity contribution in [2.24, 2.45) is 0 Å². The Kier molecular flexibility index (Phi) is 6.47. The molecule has 0 spiro atoms. The molecule has 0 aliphatic rings. The molecule has 0 atom stereocenters. The van der Waals surface area contributed by atoms with Gasteiger partial charge in [0.05, 0.1) is 21.8 Å². The average molecular weight is 484 g/mol. The van der Waals surface area contributed by atoms with Crippen LogP contribution in [0.4, 0.5) is 24.5 Å². The maximum Gasteiger partial charge on any atom is 0.433 e. The number of aryl methyl sites for hydroxylation is 2. The number of pyridine rings is 1. The number of benzene rings is 2. The molecular weight excluding hydrogens is 467 g/mol. The first-order valence-corrected chi connectivity index (χ1v) is 11.0. The third-order valence-electron chi connectivity index (χ3n) is 4.43. The van der Waals surface area contributed by atoms with Gasteiger partial charge in [0.25, 0.3) is 15.9 Å². The molecule has 1 aromatic heterocycles. The largest absolute Gasteiger partial charge is 0.433 e. The Hall–Kier alpha value is -3.11. The highest BCUT2D eigenvalue weighted by Crippen LogP contribution is 2.29. The van der Waals surface area contributed by atoms with Gasteiger partial charge in [-0.05, 0) is 61.9 Å². The minimum Gasteiger partial charge on any atom is -0.322 e. The van der Waals surface area contributed by atoms with E-state index in [1.807, 2.05) is 0 Å². The zero-order chi connectivity index (χ0) is 23.7. The van der Waals surface area contributed by atoms with Gasteiger partial charge in [0.15, 0.2) is 0 Å². The first kappa shape index (κ1) is 23.6. The van der Waals surface area contributed by atoms with Crippen LogP contribution >= 0.6 is 11.6 Å². The smallest absolute Gasteiger partial charge is 0.322 e. The molecule has 0 saturated carbocycles. The van der Waals surface area contributed by atoms with Gasteiger partial charge >= 0.3 is 6.18 Å². The number of halogens is 4. The molecule has 11 heteroatoms. The third-order valence-corrected chi connectivity index (χ3v) is 6.19. The molecule has 0 radical (unpaired) electrons. The fourth-order valence-corrected chi connectivity index (χ4v) is 4.40. The molecule has 6 nitrogen and oxygen atoms in total. The lowest BCUT2D eigenvalue weighted by Gasteiger charge is -2.14. The number of nitrogens with one attached hydrogen (secondary N) is 2. The number of carbonyl (C=O) groups excluding carboxylic acids is 1. The lowest BCUT2D eigenvalue weighted by Crippen LogP contribution is -2.18. The quantitative estimate of drug-likeness (QED) is 0.507. The first-order valence-electron chi connectivity index (χ1n) is 9.12. The summed E-state index contributed by atoms with van der Waals surface area (Å²) in [6.07, 6.45) is -4.63. The Morgan fingerprint density at radius 3 is 2.34 bits per heavy atom. The number of hydrogen-bond donors (Lipinski definition) is 2. The van der Waals surface area contributed by atoms with Crippen LogP contribution in [0.3, 0.4) is 0 Å². The summed E-state index contributed by atoms with van der Waals surface area (Å²) in [5, 5.41) is 2.85. The second-order valence-electron chi connectivity index (χ2n) is 6.88. The van der Waals surface area contributed by atoms with Crippen molar-refractivity contribution in [2.75, 3.05) is 10.0 Å². The van der Waals surface area contributed by atoms with E-state index >= 15 is 0 Å². The van der Waals surface area contributed by atoms with Gasteiger partial charge in [-0.2, -0.15) is 13.2 Å². The van der Waals surface area contributed by atoms with Crippen LogP contribution in [0.5, 0.6) is 0 Å². The van der Waals surface area contributed by atoms with Gasteiger partial charge in [0, 0.05) is 10.7 Å². The van der Waals surface area contributed by atoms with Crippen LogP contribution in [0, 0.1) is 13.8 Å². The molecule has 0 fully saturated rings. The van der Waals surface area contributed by atoms with Crippen molar-refractivity contribution >= 4 is 38.9 Å². The van der Waals surface area contributed by atoms with Crippen molar-refractivity contribution in [2.45, 2.75) is 24.9 Å². The summed E-state index contributed by atoms with van der Waals surface area (Å²) in [4.78, 5) is 15.9. The molecule has 0 saturated heterocycles. The van der Waals surface area contributed by atoms with E-state index in [9.17, 15) is 26.4 Å². The predicted molar refractivity (Wildman–Crippen MR) is 115 cm³/mol. The Labute approximate surface area is 187 Å². The van der Waals surface area contributed by atoms with Gasteiger partial charge in [0.1, 0.15) is 5.69 Å². The van der Waals surface area contributed by atoms with Gasteiger partial charge in [-0.3, -0.25) is 9.52 Å². The van der Waals surface area contributed by atoms with E-state index in [0.29, 0.717) is 16.7 Å². The number of nitrogens with zero attached hydrogens (tertiary/aromatic N) is 1. The number of amides is 1. The van der Waals surface area contributed by atoms with E-state index in [4.69, 9.17) is 11.6 Å². The molecule has 168 valence electrons. The number of sulfonamides is 1. The van der Waals surface area contributed by atoms with Crippen LogP contribution in [-0.2, 0) is 16.2 Å². The van der Waals surface area contributed by atoms with Crippen molar-refractivity contribution < 1.29 is 26.4 Å². The molecule has 2 aromatic carbocycles. The summed E-state index contributed by atoms with van der Waals surface area (Å²) in [6, 6.07) is 12.1. The minimum absolute atomic E-state index is 0.0694. The second-order valence-corrected chi connectivity index (χ2v) is 8.96. The summed E-state index contributed by atoms with van der Waals surface area (Å²) < 4.78 is 66.5. The molecule has 0 aliphatic carbocycles. The summed E-state index contributed by atoms with van der Waals surface area (Å²) in [7, 11) is -4.01. The van der Waals surface area contributed by atoms with Gasteiger partial charge in [-0.25, -0.2) is 13.4 Å². The highest BCUT2D eigenvalue weighted by Gasteiger charge is 2.33. The van der Waals surface area contributed by atoms with Crippen molar-refractivity contribution in [3.05, 3.63) is 82.1 Å². The normalized spacial score (nSPS) is 11.8. The molecule has 0 bridgehead atoms. The van der Waals surface area contributed by atoms with E-state index in [1.165, 1.54) is 37.3 Å². The van der Waals surface area contributed by atoms with Gasteiger partial charge in [-0.1, -0.05) is 23.7 Å². The molecule has 3 rings (SSSR count). The lowest BCUT2D eigenvalue weighted by molar-refractivity contribution is -0.141. The van der Waals surface area contributed by atoms with Gasteiger partial charge in [0.2, 0.25) is 0 Å². The number of rotatable bonds is 5. The molecule has 32 heavy (non-hydrogen) atoms. The van der Waals surface area contributed by atoms with Crippen LogP contribution in [0.25, 0.3) is 0 Å². The highest BCUT2D eigenvalue weighted by atomic mass is 35.5. The van der Waals surface area contributed by atoms with Crippen molar-refractivity contribution in [3.63, 3.8) is 0 Å². The van der Waals surface area contributed by atoms with Crippen molar-refractivity contribution in [1.29, 1.82) is 0 Å². The summed E-state index contributed by atoms with van der Waals surface area (Å²) in [6.45, 7) is 2.87. The van der Waals surface area contributed by atoms with Crippen LogP contribution in [0.1, 0.15) is 27.3 Å². The maximum atomic E-state index is 12.8. The van der Waals surface area contributed by atoms with Crippen LogP contribution in [0.2, 0.25) is 5.02 Å². The fourth-order valence-electron chi connectivity index (χ4n) is 2.89. The number of hydrogen-bond acceptors (Lipinski definition) is 4. The molecule has 0 aliphatic heterocycles. The summed E-state index contributed by atoms with van der Waals surface area (Å²) in [5.41, 5.74) is -0.462. The minimum atomic E-state index is -4.63. The highest BCUT2D eigenvalue weighted by molar-refractivity contribution is 7.92. The monoisotopic (exact) mass is 483 g/mol. The molecule has 0 unspecified atom stereocenters. The number of alkyl halides is 3. The first-order chi connectivity index (χ1) is 14.9. The zero-order valence-electron chi connectivity index (χ0n) is 16.8. The Bertz CT molecular complexity index is 1290. The second kappa shape index (κ2) is 8.79. The van der Waals surface area contributed by atoms with E-state index in [0.717, 1.165) is 6.07 Å². The molecule has 3 aromatic rings. The average Bonchev–Trinajstić information content (AvgIpc) is 2.68. The van der Waals surface area contributed by atoms with Crippen LogP contribution in [0.15, 0.2) is 59.5 Å². The lowest BCUT2D eigenvalue weighted by atomic mass is 10.1. The van der Waals surface area contributed by atoms with Gasteiger partial charge in [-0.15, -0.1) is 0 Å². The Balaban J connectivity index is 1.86. The topological polar surface area (TPSA) is 88.2 Å². The molecular formula is C21H17ClF3N3O3S. The van der Waals surface area contributed by atoms with Crippen LogP contribution < -0.4 is 10.0 Å². The van der Waals surface area contributed by atoms with E-state index in [2.05, 4.69) is 15.0 Å². The van der Waals surface area contributed by atoms with Crippen LogP contribution in [-0.4, -0.2) is 19.3 Å². The van der Waals surface area contributed by atoms with Crippen molar-refractivity contribution in [1.82, 2.24) is 4.98 Å². The summed E-state index contributed by atoms with van der Waals surface area (Å²) >= 11 is 5.89. The molecule has 2 N–H and O–H groups in total. The Morgan fingerprint density at radius 1 is 1.00 bits per heavy atom. The number of aromatic nitrogens is 1. The van der Waals surface area contributed by atoms with Crippen molar-refractivity contribution in [3.8, 4) is 0 Å². The predicted octanol–water partition coefficient (Wildman–Crippen LogP) is 5.42. The maximum absolute atomic E-state index is 12.8. The third kappa shape index (κ3) is 5.38. The fraction of sp³-hybridized carbons (Fsp3) is 0.143. The van der Waals surface area contributed by atoms with E-state index in [-0.39, 0.29) is 27.5 Å². The number of anilines is 2. The molecule has 1 amide bonds. The standard InChI is InChI=1S/C21H17ClF3N3O3S/c1-12-6-7-15(11-18(12)32(30,31)28-16-5-3-4-14(22)10-16)27-20(29)17-8-9-19(21(23,24)25)26-13(17)2/h3-11,28H,1-2H3,(H,27,29). The van der Waals surface area contributed by atoms with Gasteiger partial charge < -0.3 is 5.32 Å². The number of carbonyl (C=O) groups is 1. The molecule has 1 heterocycles. The van der Waals surface area contributed by atoms with E-state index in [1.54, 1.807) is 19.1 Å².